The van der Waals surface area contributed by atoms with E-state index >= 15 is 0 Å². The Morgan fingerprint density at radius 3 is 2.40 bits per heavy atom. The SMILES string of the molecule is CC[C@H](C)NC(=O)NC(=O)CN(C)CC(=O)Nc1cccc(C)c1C. The van der Waals surface area contributed by atoms with Crippen LogP contribution in [0, 0.1) is 13.8 Å². The van der Waals surface area contributed by atoms with E-state index in [9.17, 15) is 14.4 Å². The molecule has 25 heavy (non-hydrogen) atoms. The highest BCUT2D eigenvalue weighted by Gasteiger charge is 2.14. The summed E-state index contributed by atoms with van der Waals surface area (Å²) in [6, 6.07) is 5.17. The number of hydrogen-bond acceptors (Lipinski definition) is 4. The van der Waals surface area contributed by atoms with Gasteiger partial charge in [0.25, 0.3) is 0 Å². The zero-order valence-corrected chi connectivity index (χ0v) is 15.6. The molecule has 0 saturated carbocycles. The first kappa shape index (κ1) is 20.6. The summed E-state index contributed by atoms with van der Waals surface area (Å²) in [6.07, 6.45) is 0.778. The van der Waals surface area contributed by atoms with Gasteiger partial charge < -0.3 is 10.6 Å². The van der Waals surface area contributed by atoms with Crippen LogP contribution in [-0.4, -0.2) is 48.9 Å². The molecule has 0 heterocycles. The normalized spacial score (nSPS) is 11.8. The summed E-state index contributed by atoms with van der Waals surface area (Å²) in [7, 11) is 1.65. The summed E-state index contributed by atoms with van der Waals surface area (Å²) in [5, 5.41) is 7.74. The first-order valence-corrected chi connectivity index (χ1v) is 8.37. The van der Waals surface area contributed by atoms with Gasteiger partial charge in [-0.1, -0.05) is 19.1 Å². The fourth-order valence-electron chi connectivity index (χ4n) is 2.15. The molecule has 0 saturated heterocycles. The third-order valence-electron chi connectivity index (χ3n) is 3.95. The van der Waals surface area contributed by atoms with Crippen molar-refractivity contribution >= 4 is 23.5 Å². The van der Waals surface area contributed by atoms with E-state index in [2.05, 4.69) is 16.0 Å². The van der Waals surface area contributed by atoms with Crippen LogP contribution in [0.25, 0.3) is 0 Å². The Morgan fingerprint density at radius 2 is 1.76 bits per heavy atom. The molecule has 1 rings (SSSR count). The second-order valence-corrected chi connectivity index (χ2v) is 6.30. The summed E-state index contributed by atoms with van der Waals surface area (Å²) in [6.45, 7) is 7.72. The number of hydrogen-bond donors (Lipinski definition) is 3. The summed E-state index contributed by atoms with van der Waals surface area (Å²) in [5.41, 5.74) is 2.87. The maximum absolute atomic E-state index is 12.1. The van der Waals surface area contributed by atoms with Crippen molar-refractivity contribution in [1.29, 1.82) is 0 Å². The number of amides is 4. The van der Waals surface area contributed by atoms with E-state index < -0.39 is 11.9 Å². The summed E-state index contributed by atoms with van der Waals surface area (Å²) >= 11 is 0. The van der Waals surface area contributed by atoms with Crippen LogP contribution in [0.4, 0.5) is 10.5 Å². The van der Waals surface area contributed by atoms with Crippen molar-refractivity contribution in [2.24, 2.45) is 0 Å². The van der Waals surface area contributed by atoms with E-state index in [0.29, 0.717) is 0 Å². The number of nitrogens with one attached hydrogen (secondary N) is 3. The highest BCUT2D eigenvalue weighted by atomic mass is 16.2. The topological polar surface area (TPSA) is 90.5 Å². The van der Waals surface area contributed by atoms with Gasteiger partial charge in [-0.25, -0.2) is 4.79 Å². The molecule has 7 heteroatoms. The first-order valence-electron chi connectivity index (χ1n) is 8.37. The monoisotopic (exact) mass is 348 g/mol. The summed E-state index contributed by atoms with van der Waals surface area (Å²) in [4.78, 5) is 37.1. The molecule has 0 aliphatic rings. The Kier molecular flexibility index (Phi) is 8.07. The lowest BCUT2D eigenvalue weighted by Crippen LogP contribution is -2.47. The third-order valence-corrected chi connectivity index (χ3v) is 3.95. The maximum atomic E-state index is 12.1. The number of rotatable bonds is 7. The van der Waals surface area contributed by atoms with E-state index in [4.69, 9.17) is 0 Å². The maximum Gasteiger partial charge on any atom is 0.321 e. The van der Waals surface area contributed by atoms with Gasteiger partial charge in [-0.15, -0.1) is 0 Å². The number of nitrogens with zero attached hydrogens (tertiary/aromatic N) is 1. The minimum absolute atomic E-state index is 0.00567. The Balaban J connectivity index is 2.43. The predicted octanol–water partition coefficient (Wildman–Crippen LogP) is 1.80. The second-order valence-electron chi connectivity index (χ2n) is 6.30. The van der Waals surface area contributed by atoms with Crippen molar-refractivity contribution in [3.63, 3.8) is 0 Å². The Bertz CT molecular complexity index is 631. The standard InChI is InChI=1S/C18H28N4O3/c1-6-13(3)19-18(25)21-17(24)11-22(5)10-16(23)20-15-9-7-8-12(2)14(15)4/h7-9,13H,6,10-11H2,1-5H3,(H,20,23)(H2,19,21,24,25)/t13-/m0/s1. The van der Waals surface area contributed by atoms with Gasteiger partial charge in [0.05, 0.1) is 13.1 Å². The van der Waals surface area contributed by atoms with Crippen LogP contribution in [-0.2, 0) is 9.59 Å². The molecular weight excluding hydrogens is 320 g/mol. The van der Waals surface area contributed by atoms with E-state index in [1.807, 2.05) is 45.9 Å². The van der Waals surface area contributed by atoms with Crippen LogP contribution in [0.5, 0.6) is 0 Å². The van der Waals surface area contributed by atoms with Crippen molar-refractivity contribution in [3.8, 4) is 0 Å². The number of urea groups is 1. The average molecular weight is 348 g/mol. The summed E-state index contributed by atoms with van der Waals surface area (Å²) < 4.78 is 0. The van der Waals surface area contributed by atoms with Gasteiger partial charge in [-0.2, -0.15) is 0 Å². The van der Waals surface area contributed by atoms with E-state index in [1.54, 1.807) is 11.9 Å². The molecule has 0 aromatic heterocycles. The molecule has 1 aromatic rings. The predicted molar refractivity (Wildman–Crippen MR) is 98.5 cm³/mol. The molecule has 0 aliphatic carbocycles. The molecule has 0 radical (unpaired) electrons. The molecule has 0 fully saturated rings. The summed E-state index contributed by atoms with van der Waals surface area (Å²) in [5.74, 6) is -0.670. The Labute approximate surface area is 149 Å². The van der Waals surface area contributed by atoms with Gasteiger partial charge >= 0.3 is 6.03 Å². The minimum Gasteiger partial charge on any atom is -0.335 e. The number of likely N-dealkylation sites (N-methyl/N-ethyl adjacent to an activating group) is 1. The van der Waals surface area contributed by atoms with Crippen LogP contribution < -0.4 is 16.0 Å². The fourth-order valence-corrected chi connectivity index (χ4v) is 2.15. The molecule has 138 valence electrons. The fraction of sp³-hybridized carbons (Fsp3) is 0.500. The third kappa shape index (κ3) is 7.34. The second kappa shape index (κ2) is 9.78. The van der Waals surface area contributed by atoms with Gasteiger partial charge in [0.1, 0.15) is 0 Å². The van der Waals surface area contributed by atoms with Crippen molar-refractivity contribution in [3.05, 3.63) is 29.3 Å². The zero-order valence-electron chi connectivity index (χ0n) is 15.6. The molecule has 7 nitrogen and oxygen atoms in total. The smallest absolute Gasteiger partial charge is 0.321 e. The lowest BCUT2D eigenvalue weighted by molar-refractivity contribution is -0.122. The molecule has 0 spiro atoms. The molecule has 1 aromatic carbocycles. The van der Waals surface area contributed by atoms with Crippen LogP contribution in [0.15, 0.2) is 18.2 Å². The van der Waals surface area contributed by atoms with Gasteiger partial charge in [0, 0.05) is 11.7 Å². The Morgan fingerprint density at radius 1 is 1.12 bits per heavy atom. The van der Waals surface area contributed by atoms with Crippen molar-refractivity contribution in [2.45, 2.75) is 40.2 Å². The van der Waals surface area contributed by atoms with Crippen LogP contribution >= 0.6 is 0 Å². The minimum atomic E-state index is -0.521. The molecule has 4 amide bonds. The van der Waals surface area contributed by atoms with Gasteiger partial charge in [0.2, 0.25) is 11.8 Å². The molecule has 3 N–H and O–H groups in total. The lowest BCUT2D eigenvalue weighted by atomic mass is 10.1. The van der Waals surface area contributed by atoms with Crippen LogP contribution in [0.3, 0.4) is 0 Å². The molecule has 0 unspecified atom stereocenters. The van der Waals surface area contributed by atoms with Crippen molar-refractivity contribution < 1.29 is 14.4 Å². The van der Waals surface area contributed by atoms with E-state index in [-0.39, 0.29) is 25.0 Å². The number of aryl methyl sites for hydroxylation is 1. The van der Waals surface area contributed by atoms with Crippen LogP contribution in [0.1, 0.15) is 31.4 Å². The van der Waals surface area contributed by atoms with Crippen molar-refractivity contribution in [2.75, 3.05) is 25.5 Å². The number of carbonyl (C=O) groups is 3. The largest absolute Gasteiger partial charge is 0.335 e. The quantitative estimate of drug-likeness (QED) is 0.701. The number of carbonyl (C=O) groups excluding carboxylic acids is 3. The Hall–Kier alpha value is -2.41. The van der Waals surface area contributed by atoms with Gasteiger partial charge in [-0.05, 0) is 51.4 Å². The molecule has 0 aliphatic heterocycles. The lowest BCUT2D eigenvalue weighted by Gasteiger charge is -2.17. The van der Waals surface area contributed by atoms with E-state index in [1.165, 1.54) is 0 Å². The first-order chi connectivity index (χ1) is 11.7. The molecule has 1 atom stereocenters. The molecular formula is C18H28N4O3. The van der Waals surface area contributed by atoms with Crippen LogP contribution in [0.2, 0.25) is 0 Å². The average Bonchev–Trinajstić information content (AvgIpc) is 2.50. The van der Waals surface area contributed by atoms with E-state index in [0.717, 1.165) is 23.2 Å². The van der Waals surface area contributed by atoms with Crippen molar-refractivity contribution in [1.82, 2.24) is 15.5 Å². The highest BCUT2D eigenvalue weighted by Crippen LogP contribution is 2.17. The number of benzene rings is 1. The van der Waals surface area contributed by atoms with Gasteiger partial charge in [-0.3, -0.25) is 19.8 Å². The van der Waals surface area contributed by atoms with Gasteiger partial charge in [0.15, 0.2) is 0 Å². The molecule has 0 bridgehead atoms. The zero-order chi connectivity index (χ0) is 19.0. The highest BCUT2D eigenvalue weighted by molar-refractivity contribution is 5.96. The number of anilines is 1. The number of imide groups is 1.